The average Bonchev–Trinajstić information content (AvgIpc) is 1.89. The molecule has 0 saturated heterocycles. The van der Waals surface area contributed by atoms with Crippen LogP contribution in [0.5, 0.6) is 0 Å². The van der Waals surface area contributed by atoms with E-state index in [4.69, 9.17) is 0 Å². The van der Waals surface area contributed by atoms with Crippen LogP contribution in [0.15, 0.2) is 17.4 Å². The zero-order chi connectivity index (χ0) is 6.69. The van der Waals surface area contributed by atoms with E-state index >= 15 is 0 Å². The molecule has 4 heteroatoms. The third-order valence-corrected chi connectivity index (χ3v) is 1.03. The molecule has 0 amide bonds. The first-order chi connectivity index (χ1) is 4.34. The Kier molecular flexibility index (Phi) is 1.58. The Morgan fingerprint density at radius 3 is 3.00 bits per heavy atom. The molecular formula is C5H7N3O. The van der Waals surface area contributed by atoms with Crippen molar-refractivity contribution in [2.45, 2.75) is 13.5 Å². The maximum atomic E-state index is 10.7. The Bertz CT molecular complexity index is 242. The van der Waals surface area contributed by atoms with E-state index in [-0.39, 0.29) is 5.69 Å². The topological polar surface area (TPSA) is 47.8 Å². The van der Waals surface area contributed by atoms with Crippen LogP contribution in [0.3, 0.4) is 0 Å². The summed E-state index contributed by atoms with van der Waals surface area (Å²) in [5.74, 6) is 0. The maximum Gasteiger partial charge on any atom is 0.350 e. The van der Waals surface area contributed by atoms with Gasteiger partial charge in [0, 0.05) is 6.54 Å². The van der Waals surface area contributed by atoms with Crippen molar-refractivity contribution in [3.63, 3.8) is 0 Å². The second-order valence-electron chi connectivity index (χ2n) is 1.58. The predicted molar refractivity (Wildman–Crippen MR) is 32.0 cm³/mol. The molecule has 0 aliphatic carbocycles. The van der Waals surface area contributed by atoms with Crippen LogP contribution in [-0.2, 0) is 6.54 Å². The van der Waals surface area contributed by atoms with Crippen molar-refractivity contribution in [3.05, 3.63) is 23.1 Å². The second kappa shape index (κ2) is 2.39. The highest BCUT2D eigenvalue weighted by Crippen LogP contribution is 1.70. The zero-order valence-corrected chi connectivity index (χ0v) is 5.11. The molecule has 0 aromatic carbocycles. The van der Waals surface area contributed by atoms with Gasteiger partial charge in [-0.2, -0.15) is 4.98 Å². The van der Waals surface area contributed by atoms with Crippen molar-refractivity contribution in [2.24, 2.45) is 0 Å². The molecule has 0 spiro atoms. The Morgan fingerprint density at radius 2 is 2.56 bits per heavy atom. The lowest BCUT2D eigenvalue weighted by atomic mass is 10.7. The van der Waals surface area contributed by atoms with Gasteiger partial charge >= 0.3 is 5.69 Å². The largest absolute Gasteiger partial charge is 0.350 e. The fourth-order valence-electron chi connectivity index (χ4n) is 0.533. The Balaban J connectivity index is 3.16. The minimum absolute atomic E-state index is 0.243. The lowest BCUT2D eigenvalue weighted by Crippen LogP contribution is -2.21. The number of aromatic nitrogens is 3. The van der Waals surface area contributed by atoms with E-state index in [9.17, 15) is 4.79 Å². The van der Waals surface area contributed by atoms with Crippen molar-refractivity contribution in [2.75, 3.05) is 0 Å². The van der Waals surface area contributed by atoms with Crippen molar-refractivity contribution in [1.82, 2.24) is 14.5 Å². The smallest absolute Gasteiger partial charge is 0.283 e. The van der Waals surface area contributed by atoms with Gasteiger partial charge in [-0.25, -0.2) is 9.78 Å². The molecule has 1 aromatic rings. The fraction of sp³-hybridized carbons (Fsp3) is 0.400. The molecule has 0 atom stereocenters. The highest BCUT2D eigenvalue weighted by Gasteiger charge is 1.87. The maximum absolute atomic E-state index is 10.7. The molecule has 48 valence electrons. The fourth-order valence-corrected chi connectivity index (χ4v) is 0.533. The quantitative estimate of drug-likeness (QED) is 0.515. The third kappa shape index (κ3) is 1.13. The molecule has 0 N–H and O–H groups in total. The first-order valence-electron chi connectivity index (χ1n) is 2.71. The van der Waals surface area contributed by atoms with Crippen LogP contribution < -0.4 is 5.69 Å². The minimum Gasteiger partial charge on any atom is -0.283 e. The van der Waals surface area contributed by atoms with Crippen LogP contribution in [0.2, 0.25) is 0 Å². The molecule has 0 bridgehead atoms. The van der Waals surface area contributed by atoms with Gasteiger partial charge in [0.1, 0.15) is 12.7 Å². The van der Waals surface area contributed by atoms with Crippen LogP contribution in [-0.4, -0.2) is 14.5 Å². The highest BCUT2D eigenvalue weighted by molar-refractivity contribution is 4.63. The Hall–Kier alpha value is -1.19. The number of aryl methyl sites for hydroxylation is 1. The summed E-state index contributed by atoms with van der Waals surface area (Å²) in [6.45, 7) is 2.49. The van der Waals surface area contributed by atoms with Crippen LogP contribution in [0.1, 0.15) is 6.92 Å². The first kappa shape index (κ1) is 5.94. The van der Waals surface area contributed by atoms with Gasteiger partial charge in [-0.15, -0.1) is 0 Å². The molecule has 1 aromatic heterocycles. The molecule has 0 aliphatic rings. The van der Waals surface area contributed by atoms with E-state index in [1.54, 1.807) is 0 Å². The normalized spacial score (nSPS) is 9.44. The summed E-state index contributed by atoms with van der Waals surface area (Å²) in [6.07, 6.45) is 2.71. The molecule has 0 fully saturated rings. The van der Waals surface area contributed by atoms with E-state index in [1.165, 1.54) is 17.2 Å². The average molecular weight is 125 g/mol. The zero-order valence-electron chi connectivity index (χ0n) is 5.11. The van der Waals surface area contributed by atoms with E-state index in [1.807, 2.05) is 6.92 Å². The number of hydrogen-bond acceptors (Lipinski definition) is 3. The number of hydrogen-bond donors (Lipinski definition) is 0. The summed E-state index contributed by atoms with van der Waals surface area (Å²) in [7, 11) is 0. The van der Waals surface area contributed by atoms with Gasteiger partial charge in [0.2, 0.25) is 0 Å². The van der Waals surface area contributed by atoms with Gasteiger partial charge in [-0.1, -0.05) is 0 Å². The molecule has 0 radical (unpaired) electrons. The first-order valence-corrected chi connectivity index (χ1v) is 2.71. The summed E-state index contributed by atoms with van der Waals surface area (Å²) in [4.78, 5) is 17.8. The van der Waals surface area contributed by atoms with Gasteiger partial charge in [-0.3, -0.25) is 4.57 Å². The van der Waals surface area contributed by atoms with E-state index in [0.717, 1.165) is 0 Å². The van der Waals surface area contributed by atoms with Gasteiger partial charge in [-0.05, 0) is 6.92 Å². The van der Waals surface area contributed by atoms with Crippen LogP contribution in [0.4, 0.5) is 0 Å². The number of rotatable bonds is 1. The van der Waals surface area contributed by atoms with Gasteiger partial charge in [0.25, 0.3) is 0 Å². The van der Waals surface area contributed by atoms with Crippen LogP contribution in [0, 0.1) is 0 Å². The van der Waals surface area contributed by atoms with Gasteiger partial charge < -0.3 is 0 Å². The monoisotopic (exact) mass is 125 g/mol. The molecule has 4 nitrogen and oxygen atoms in total. The Labute approximate surface area is 52.2 Å². The SMILES string of the molecule is CCn1cncnc1=O. The minimum atomic E-state index is -0.243. The van der Waals surface area contributed by atoms with Crippen molar-refractivity contribution in [3.8, 4) is 0 Å². The van der Waals surface area contributed by atoms with E-state index in [2.05, 4.69) is 9.97 Å². The molecule has 0 unspecified atom stereocenters. The Morgan fingerprint density at radius 1 is 1.78 bits per heavy atom. The summed E-state index contributed by atoms with van der Waals surface area (Å²) in [5, 5.41) is 0. The van der Waals surface area contributed by atoms with Crippen molar-refractivity contribution in [1.29, 1.82) is 0 Å². The van der Waals surface area contributed by atoms with Crippen LogP contribution in [0.25, 0.3) is 0 Å². The molecule has 0 aliphatic heterocycles. The van der Waals surface area contributed by atoms with E-state index in [0.29, 0.717) is 6.54 Å². The predicted octanol–water partition coefficient (Wildman–Crippen LogP) is -0.342. The molecular weight excluding hydrogens is 118 g/mol. The lowest BCUT2D eigenvalue weighted by Gasteiger charge is -1.93. The van der Waals surface area contributed by atoms with Crippen LogP contribution >= 0.6 is 0 Å². The standard InChI is InChI=1S/C5H7N3O/c1-2-8-4-6-3-7-5(8)9/h3-4H,2H2,1H3. The summed E-state index contributed by atoms with van der Waals surface area (Å²) in [6, 6.07) is 0. The molecule has 1 heterocycles. The summed E-state index contributed by atoms with van der Waals surface area (Å²) < 4.78 is 1.43. The van der Waals surface area contributed by atoms with Crippen molar-refractivity contribution < 1.29 is 0 Å². The summed E-state index contributed by atoms with van der Waals surface area (Å²) >= 11 is 0. The molecule has 1 rings (SSSR count). The molecule has 9 heavy (non-hydrogen) atoms. The lowest BCUT2D eigenvalue weighted by molar-refractivity contribution is 0.674. The van der Waals surface area contributed by atoms with Gasteiger partial charge in [0.15, 0.2) is 0 Å². The number of nitrogens with zero attached hydrogens (tertiary/aromatic N) is 3. The van der Waals surface area contributed by atoms with Crippen molar-refractivity contribution >= 4 is 0 Å². The highest BCUT2D eigenvalue weighted by atomic mass is 16.1. The third-order valence-electron chi connectivity index (χ3n) is 1.03. The molecule has 0 saturated carbocycles. The van der Waals surface area contributed by atoms with Gasteiger partial charge in [0.05, 0.1) is 0 Å². The summed E-state index contributed by atoms with van der Waals surface area (Å²) in [5.41, 5.74) is -0.243. The van der Waals surface area contributed by atoms with E-state index < -0.39 is 0 Å². The second-order valence-corrected chi connectivity index (χ2v) is 1.58.